The lowest BCUT2D eigenvalue weighted by molar-refractivity contribution is -0.384. The number of nitro benzene ring substituents is 1. The van der Waals surface area contributed by atoms with Gasteiger partial charge in [0.05, 0.1) is 11.0 Å². The van der Waals surface area contributed by atoms with Crippen LogP contribution < -0.4 is 5.73 Å². The monoisotopic (exact) mass is 309 g/mol. The zero-order valence-electron chi connectivity index (χ0n) is 12.5. The second-order valence-electron chi connectivity index (χ2n) is 5.13. The molecule has 0 bridgehead atoms. The summed E-state index contributed by atoms with van der Waals surface area (Å²) in [5, 5.41) is 10.6. The largest absolute Gasteiger partial charge is 0.321 e. The summed E-state index contributed by atoms with van der Waals surface area (Å²) in [6, 6.07) is 15.1. The fraction of sp³-hybridized carbons (Fsp3) is 0.167. The summed E-state index contributed by atoms with van der Waals surface area (Å²) < 4.78 is 0. The predicted octanol–water partition coefficient (Wildman–Crippen LogP) is 2.94. The first-order valence-electron chi connectivity index (χ1n) is 7.24. The van der Waals surface area contributed by atoms with Crippen LogP contribution in [0.3, 0.4) is 0 Å². The molecule has 2 aromatic rings. The molecule has 0 saturated heterocycles. The average Bonchev–Trinajstić information content (AvgIpc) is 2.58. The molecule has 0 aromatic heterocycles. The summed E-state index contributed by atoms with van der Waals surface area (Å²) >= 11 is 0. The average molecular weight is 309 g/mol. The number of nitrogens with zero attached hydrogens (tertiary/aromatic N) is 1. The Bertz CT molecular complexity index is 694. The van der Waals surface area contributed by atoms with Crippen LogP contribution in [0, 0.1) is 16.2 Å². The van der Waals surface area contributed by atoms with Crippen LogP contribution in [0.4, 0.5) is 5.69 Å². The second-order valence-corrected chi connectivity index (χ2v) is 5.13. The van der Waals surface area contributed by atoms with Gasteiger partial charge < -0.3 is 5.73 Å². The van der Waals surface area contributed by atoms with E-state index in [4.69, 9.17) is 5.73 Å². The Labute approximate surface area is 134 Å². The van der Waals surface area contributed by atoms with E-state index in [1.807, 2.05) is 30.3 Å². The standard InChI is InChI=1S/C18H17N2O3/c19-17(12-8-14-4-2-1-3-5-14)18(21)13-9-15-6-10-16(11-7-15)20(22)23/h1-7,9-11,17H,8,12,19H2/t17-/m0/s1. The molecule has 5 nitrogen and oxygen atoms in total. The topological polar surface area (TPSA) is 86.2 Å². The summed E-state index contributed by atoms with van der Waals surface area (Å²) in [5.41, 5.74) is 7.68. The Morgan fingerprint density at radius 3 is 2.43 bits per heavy atom. The van der Waals surface area contributed by atoms with Crippen LogP contribution in [0.25, 0.3) is 6.08 Å². The van der Waals surface area contributed by atoms with E-state index in [2.05, 4.69) is 6.08 Å². The van der Waals surface area contributed by atoms with E-state index >= 15 is 0 Å². The highest BCUT2D eigenvalue weighted by Gasteiger charge is 2.11. The highest BCUT2D eigenvalue weighted by Crippen LogP contribution is 2.13. The smallest absolute Gasteiger partial charge is 0.269 e. The molecule has 0 unspecified atom stereocenters. The molecule has 0 aliphatic heterocycles. The molecule has 23 heavy (non-hydrogen) atoms. The molecule has 1 radical (unpaired) electrons. The molecule has 1 atom stereocenters. The van der Waals surface area contributed by atoms with E-state index in [9.17, 15) is 14.9 Å². The summed E-state index contributed by atoms with van der Waals surface area (Å²) in [5.74, 6) is -0.278. The summed E-state index contributed by atoms with van der Waals surface area (Å²) in [6.45, 7) is 0. The number of nitrogens with two attached hydrogens (primary N) is 1. The molecule has 0 heterocycles. The Kier molecular flexibility index (Phi) is 5.77. The Balaban J connectivity index is 1.88. The van der Waals surface area contributed by atoms with Crippen LogP contribution in [0.1, 0.15) is 17.5 Å². The molecule has 0 spiro atoms. The van der Waals surface area contributed by atoms with Crippen molar-refractivity contribution < 1.29 is 9.72 Å². The minimum atomic E-state index is -0.607. The van der Waals surface area contributed by atoms with Crippen LogP contribution in [0.5, 0.6) is 0 Å². The molecule has 0 aliphatic rings. The third-order valence-corrected chi connectivity index (χ3v) is 3.41. The first kappa shape index (κ1) is 16.6. The van der Waals surface area contributed by atoms with E-state index in [1.54, 1.807) is 12.1 Å². The highest BCUT2D eigenvalue weighted by atomic mass is 16.6. The molecule has 0 aliphatic carbocycles. The maximum absolute atomic E-state index is 11.9. The number of carbonyl (C=O) groups is 1. The van der Waals surface area contributed by atoms with Crippen LogP contribution in [-0.4, -0.2) is 16.7 Å². The molecule has 0 saturated carbocycles. The molecule has 117 valence electrons. The maximum Gasteiger partial charge on any atom is 0.269 e. The summed E-state index contributed by atoms with van der Waals surface area (Å²) in [6.07, 6.45) is 5.39. The minimum absolute atomic E-state index is 0.00744. The van der Waals surface area contributed by atoms with Crippen LogP contribution in [0.15, 0.2) is 54.6 Å². The maximum atomic E-state index is 11.9. The van der Waals surface area contributed by atoms with E-state index in [-0.39, 0.29) is 11.5 Å². The number of carbonyl (C=O) groups excluding carboxylic acids is 1. The molecule has 5 heteroatoms. The van der Waals surface area contributed by atoms with Crippen molar-refractivity contribution in [2.24, 2.45) is 5.73 Å². The zero-order valence-corrected chi connectivity index (χ0v) is 12.5. The highest BCUT2D eigenvalue weighted by molar-refractivity contribution is 5.93. The van der Waals surface area contributed by atoms with E-state index in [0.29, 0.717) is 12.0 Å². The van der Waals surface area contributed by atoms with Crippen molar-refractivity contribution in [3.05, 3.63) is 81.9 Å². The number of rotatable bonds is 7. The van der Waals surface area contributed by atoms with Gasteiger partial charge in [-0.2, -0.15) is 0 Å². The fourth-order valence-corrected chi connectivity index (χ4v) is 2.05. The lowest BCUT2D eigenvalue weighted by atomic mass is 10.0. The normalized spacial score (nSPS) is 12.2. The predicted molar refractivity (Wildman–Crippen MR) is 88.5 cm³/mol. The van der Waals surface area contributed by atoms with Gasteiger partial charge in [0, 0.05) is 18.2 Å². The van der Waals surface area contributed by atoms with Crippen molar-refractivity contribution in [3.63, 3.8) is 0 Å². The minimum Gasteiger partial charge on any atom is -0.321 e. The molecule has 0 amide bonds. The van der Waals surface area contributed by atoms with E-state index < -0.39 is 11.0 Å². The van der Waals surface area contributed by atoms with Gasteiger partial charge >= 0.3 is 0 Å². The lowest BCUT2D eigenvalue weighted by Crippen LogP contribution is -2.29. The van der Waals surface area contributed by atoms with Crippen molar-refractivity contribution in [1.82, 2.24) is 0 Å². The van der Waals surface area contributed by atoms with Gasteiger partial charge in [0.15, 0.2) is 5.78 Å². The number of nitro groups is 1. The number of Topliss-reactive ketones (excluding diaryl/α,β-unsaturated/α-hetero) is 1. The number of ketones is 1. The van der Waals surface area contributed by atoms with Crippen LogP contribution in [0.2, 0.25) is 0 Å². The van der Waals surface area contributed by atoms with Crippen molar-refractivity contribution >= 4 is 17.5 Å². The quantitative estimate of drug-likeness (QED) is 0.484. The first-order chi connectivity index (χ1) is 11.1. The lowest BCUT2D eigenvalue weighted by Gasteiger charge is -2.07. The number of non-ortho nitro benzene ring substituents is 1. The Hall–Kier alpha value is -2.79. The van der Waals surface area contributed by atoms with Gasteiger partial charge in [-0.15, -0.1) is 0 Å². The van der Waals surface area contributed by atoms with E-state index in [0.717, 1.165) is 12.0 Å². The van der Waals surface area contributed by atoms with Gasteiger partial charge in [0.1, 0.15) is 0 Å². The molecule has 2 aromatic carbocycles. The van der Waals surface area contributed by atoms with Crippen molar-refractivity contribution in [2.75, 3.05) is 0 Å². The van der Waals surface area contributed by atoms with Gasteiger partial charge in [-0.25, -0.2) is 0 Å². The van der Waals surface area contributed by atoms with Gasteiger partial charge in [-0.05, 0) is 42.2 Å². The third-order valence-electron chi connectivity index (χ3n) is 3.41. The molecule has 2 rings (SSSR count). The van der Waals surface area contributed by atoms with Crippen molar-refractivity contribution in [1.29, 1.82) is 0 Å². The Morgan fingerprint density at radius 2 is 1.83 bits per heavy atom. The van der Waals surface area contributed by atoms with Crippen molar-refractivity contribution in [3.8, 4) is 0 Å². The van der Waals surface area contributed by atoms with Crippen LogP contribution >= 0.6 is 0 Å². The van der Waals surface area contributed by atoms with Crippen LogP contribution in [-0.2, 0) is 11.2 Å². The SMILES string of the molecule is N[C@@H](CCc1ccccc1)C(=O)[C]=Cc1ccc([N+](=O)[O-])cc1. The van der Waals surface area contributed by atoms with Crippen molar-refractivity contribution in [2.45, 2.75) is 18.9 Å². The number of hydrogen-bond acceptors (Lipinski definition) is 4. The third kappa shape index (κ3) is 5.16. The molecule has 2 N–H and O–H groups in total. The first-order valence-corrected chi connectivity index (χ1v) is 7.24. The Morgan fingerprint density at radius 1 is 1.17 bits per heavy atom. The van der Waals surface area contributed by atoms with Gasteiger partial charge in [0.25, 0.3) is 5.69 Å². The second kappa shape index (κ2) is 8.00. The number of hydrogen-bond donors (Lipinski definition) is 1. The fourth-order valence-electron chi connectivity index (χ4n) is 2.05. The van der Waals surface area contributed by atoms with Gasteiger partial charge in [0.2, 0.25) is 0 Å². The molecular formula is C18H17N2O3. The summed E-state index contributed by atoms with van der Waals surface area (Å²) in [4.78, 5) is 22.0. The van der Waals surface area contributed by atoms with Gasteiger partial charge in [-0.3, -0.25) is 14.9 Å². The van der Waals surface area contributed by atoms with Gasteiger partial charge in [-0.1, -0.05) is 30.3 Å². The molecular weight excluding hydrogens is 292 g/mol. The van der Waals surface area contributed by atoms with E-state index in [1.165, 1.54) is 18.2 Å². The zero-order chi connectivity index (χ0) is 16.7. The number of benzene rings is 2. The molecule has 0 fully saturated rings. The number of aryl methyl sites for hydroxylation is 1. The summed E-state index contributed by atoms with van der Waals surface area (Å²) in [7, 11) is 0.